The van der Waals surface area contributed by atoms with E-state index in [0.717, 1.165) is 29.8 Å². The van der Waals surface area contributed by atoms with Crippen molar-refractivity contribution in [3.63, 3.8) is 0 Å². The molecule has 0 bridgehead atoms. The first-order valence-electron chi connectivity index (χ1n) is 9.42. The summed E-state index contributed by atoms with van der Waals surface area (Å²) in [6.45, 7) is 1.73. The van der Waals surface area contributed by atoms with E-state index in [9.17, 15) is 36.0 Å². The highest BCUT2D eigenvalue weighted by Gasteiger charge is 2.69. The highest BCUT2D eigenvalue weighted by Crippen LogP contribution is 2.46. The Morgan fingerprint density at radius 1 is 1.00 bits per heavy atom. The quantitative estimate of drug-likeness (QED) is 0.491. The van der Waals surface area contributed by atoms with Crippen LogP contribution in [0.4, 0.5) is 19.0 Å². The molecule has 0 saturated heterocycles. The van der Waals surface area contributed by atoms with E-state index in [4.69, 9.17) is 11.6 Å². The van der Waals surface area contributed by atoms with Crippen LogP contribution in [-0.2, 0) is 20.4 Å². The molecule has 14 heteroatoms. The van der Waals surface area contributed by atoms with E-state index < -0.39 is 55.2 Å². The lowest BCUT2D eigenvalue weighted by Gasteiger charge is -2.29. The number of aromatic amines is 1. The van der Waals surface area contributed by atoms with E-state index >= 15 is 0 Å². The second-order valence-corrected chi connectivity index (χ2v) is 9.53. The van der Waals surface area contributed by atoms with Gasteiger partial charge in [-0.1, -0.05) is 29.3 Å². The van der Waals surface area contributed by atoms with Gasteiger partial charge in [0, 0.05) is 5.02 Å². The number of aromatic nitrogens is 2. The number of aryl methyl sites for hydroxylation is 1. The topological polar surface area (TPSA) is 130 Å². The maximum atomic E-state index is 14.5. The summed E-state index contributed by atoms with van der Waals surface area (Å²) in [5.74, 6) is -2.71. The summed E-state index contributed by atoms with van der Waals surface area (Å²) in [5, 5.41) is 1.99. The first-order valence-corrected chi connectivity index (χ1v) is 11.3. The minimum Gasteiger partial charge on any atom is -0.309 e. The number of hydrogen-bond donors (Lipinski definition) is 3. The molecular weight excluding hydrogens is 501 g/mol. The van der Waals surface area contributed by atoms with E-state index in [1.54, 1.807) is 24.0 Å². The molecule has 2 aromatic carbocycles. The predicted molar refractivity (Wildman–Crippen MR) is 116 cm³/mol. The van der Waals surface area contributed by atoms with Crippen molar-refractivity contribution >= 4 is 33.3 Å². The van der Waals surface area contributed by atoms with Crippen molar-refractivity contribution in [2.24, 2.45) is 0 Å². The molecule has 178 valence electrons. The standard InChI is InChI=1S/C20H14ClF3N4O5S/c1-10-2-6-12(7-3-10)28-15-14(16(29)26-18(28)31)19(17(30)25-15,20(22,23)24)27-34(32,33)13-8-4-11(21)5-9-13/h2-9,27H,1H3,(H,25,30)(H,26,29,31)/t19-/m0/s1. The Hall–Kier alpha value is -3.42. The van der Waals surface area contributed by atoms with Crippen LogP contribution < -0.4 is 21.3 Å². The molecular formula is C20H14ClF3N4O5S. The summed E-state index contributed by atoms with van der Waals surface area (Å²) in [7, 11) is -5.02. The Kier molecular flexibility index (Phi) is 5.46. The Bertz CT molecular complexity index is 1530. The molecule has 0 aliphatic carbocycles. The van der Waals surface area contributed by atoms with Crippen LogP contribution in [-0.4, -0.2) is 30.1 Å². The smallest absolute Gasteiger partial charge is 0.309 e. The fraction of sp³-hybridized carbons (Fsp3) is 0.150. The van der Waals surface area contributed by atoms with Crippen molar-refractivity contribution in [1.82, 2.24) is 14.3 Å². The lowest BCUT2D eigenvalue weighted by atomic mass is 9.93. The number of halogens is 4. The maximum absolute atomic E-state index is 14.5. The molecule has 1 atom stereocenters. The number of fused-ring (bicyclic) bond motifs is 1. The van der Waals surface area contributed by atoms with E-state index in [-0.39, 0.29) is 10.7 Å². The molecule has 1 aliphatic rings. The summed E-state index contributed by atoms with van der Waals surface area (Å²) in [4.78, 5) is 39.1. The maximum Gasteiger partial charge on any atom is 0.421 e. The van der Waals surface area contributed by atoms with E-state index in [1.807, 2.05) is 5.32 Å². The average Bonchev–Trinajstić information content (AvgIpc) is 3.02. The van der Waals surface area contributed by atoms with Crippen LogP contribution in [0.1, 0.15) is 11.1 Å². The third-order valence-corrected chi connectivity index (χ3v) is 6.91. The molecule has 0 unspecified atom stereocenters. The summed E-state index contributed by atoms with van der Waals surface area (Å²) in [6, 6.07) is 9.98. The lowest BCUT2D eigenvalue weighted by molar-refractivity contribution is -0.194. The van der Waals surface area contributed by atoms with E-state index in [0.29, 0.717) is 4.57 Å². The molecule has 2 heterocycles. The van der Waals surface area contributed by atoms with Gasteiger partial charge >= 0.3 is 11.9 Å². The van der Waals surface area contributed by atoms with Gasteiger partial charge in [-0.3, -0.25) is 14.6 Å². The largest absolute Gasteiger partial charge is 0.421 e. The third-order valence-electron chi connectivity index (χ3n) is 5.19. The van der Waals surface area contributed by atoms with Gasteiger partial charge in [-0.05, 0) is 43.3 Å². The zero-order valence-electron chi connectivity index (χ0n) is 17.0. The van der Waals surface area contributed by atoms with Crippen LogP contribution in [0.5, 0.6) is 0 Å². The minimum absolute atomic E-state index is 0.0296. The van der Waals surface area contributed by atoms with Gasteiger partial charge in [0.25, 0.3) is 11.5 Å². The van der Waals surface area contributed by atoms with Crippen molar-refractivity contribution in [2.45, 2.75) is 23.5 Å². The summed E-state index contributed by atoms with van der Waals surface area (Å²) in [5.41, 5.74) is -7.26. The molecule has 3 aromatic rings. The van der Waals surface area contributed by atoms with Crippen molar-refractivity contribution < 1.29 is 26.4 Å². The van der Waals surface area contributed by atoms with E-state index in [2.05, 4.69) is 0 Å². The molecule has 0 saturated carbocycles. The fourth-order valence-electron chi connectivity index (χ4n) is 3.56. The monoisotopic (exact) mass is 514 g/mol. The zero-order valence-corrected chi connectivity index (χ0v) is 18.6. The second kappa shape index (κ2) is 7.82. The van der Waals surface area contributed by atoms with Crippen LogP contribution in [0.3, 0.4) is 0 Å². The molecule has 0 spiro atoms. The van der Waals surface area contributed by atoms with Gasteiger partial charge in [-0.2, -0.15) is 17.9 Å². The first kappa shape index (κ1) is 23.7. The number of carbonyl (C=O) groups is 1. The Morgan fingerprint density at radius 3 is 2.15 bits per heavy atom. The summed E-state index contributed by atoms with van der Waals surface area (Å²) < 4.78 is 71.2. The van der Waals surface area contributed by atoms with Gasteiger partial charge in [0.2, 0.25) is 15.6 Å². The number of sulfonamides is 1. The first-order chi connectivity index (χ1) is 15.8. The van der Waals surface area contributed by atoms with E-state index in [1.165, 1.54) is 16.9 Å². The zero-order chi connectivity index (χ0) is 25.1. The molecule has 1 aliphatic heterocycles. The molecule has 0 radical (unpaired) electrons. The fourth-order valence-corrected chi connectivity index (χ4v) is 5.01. The summed E-state index contributed by atoms with van der Waals surface area (Å²) >= 11 is 5.71. The molecule has 4 rings (SSSR count). The number of anilines is 1. The van der Waals surface area contributed by atoms with Crippen LogP contribution in [0.25, 0.3) is 5.69 Å². The average molecular weight is 515 g/mol. The number of H-pyrrole nitrogens is 1. The van der Waals surface area contributed by atoms with Gasteiger partial charge in [-0.15, -0.1) is 0 Å². The normalized spacial score (nSPS) is 18.0. The highest BCUT2D eigenvalue weighted by atomic mass is 35.5. The van der Waals surface area contributed by atoms with Crippen LogP contribution in [0.2, 0.25) is 5.02 Å². The molecule has 9 nitrogen and oxygen atoms in total. The predicted octanol–water partition coefficient (Wildman–Crippen LogP) is 2.18. The van der Waals surface area contributed by atoms with Gasteiger partial charge in [0.15, 0.2) is 0 Å². The number of hydrogen-bond acceptors (Lipinski definition) is 5. The lowest BCUT2D eigenvalue weighted by Crippen LogP contribution is -2.61. The van der Waals surface area contributed by atoms with Crippen molar-refractivity contribution in [2.75, 3.05) is 5.32 Å². The van der Waals surface area contributed by atoms with Gasteiger partial charge in [0.05, 0.1) is 16.1 Å². The molecule has 34 heavy (non-hydrogen) atoms. The number of carbonyl (C=O) groups excluding carboxylic acids is 1. The number of benzene rings is 2. The Morgan fingerprint density at radius 2 is 1.59 bits per heavy atom. The van der Waals surface area contributed by atoms with Crippen molar-refractivity contribution in [1.29, 1.82) is 0 Å². The molecule has 0 fully saturated rings. The SMILES string of the molecule is Cc1ccc(-n2c3c(c(=O)[nH]c2=O)[C@@](NS(=O)(=O)c2ccc(Cl)cc2)(C(F)(F)F)C(=O)N3)cc1. The van der Waals surface area contributed by atoms with Crippen molar-refractivity contribution in [3.05, 3.63) is 85.5 Å². The molecule has 3 N–H and O–H groups in total. The third kappa shape index (κ3) is 3.61. The van der Waals surface area contributed by atoms with Crippen LogP contribution in [0.15, 0.2) is 63.0 Å². The van der Waals surface area contributed by atoms with Crippen LogP contribution in [0, 0.1) is 6.92 Å². The number of nitrogens with zero attached hydrogens (tertiary/aromatic N) is 1. The second-order valence-electron chi connectivity index (χ2n) is 7.42. The number of rotatable bonds is 4. The molecule has 1 amide bonds. The number of nitrogens with one attached hydrogen (secondary N) is 3. The highest BCUT2D eigenvalue weighted by molar-refractivity contribution is 7.89. The number of amides is 1. The Labute approximate surface area is 194 Å². The molecule has 1 aromatic heterocycles. The van der Waals surface area contributed by atoms with Crippen molar-refractivity contribution in [3.8, 4) is 5.69 Å². The van der Waals surface area contributed by atoms with Crippen LogP contribution >= 0.6 is 11.6 Å². The summed E-state index contributed by atoms with van der Waals surface area (Å²) in [6.07, 6.45) is -5.62. The van der Waals surface area contributed by atoms with Gasteiger partial charge in [0.1, 0.15) is 5.82 Å². The van der Waals surface area contributed by atoms with Gasteiger partial charge < -0.3 is 5.32 Å². The van der Waals surface area contributed by atoms with Gasteiger partial charge in [-0.25, -0.2) is 17.8 Å². The minimum atomic E-state index is -5.62. The Balaban J connectivity index is 2.01. The number of alkyl halides is 3.